The van der Waals surface area contributed by atoms with E-state index in [9.17, 15) is 0 Å². The standard InChI is InChI=1S/C5H5Br2NO2/c6-4-1-3(2-9-8)10-5(4)7/h1H,2,8H2. The van der Waals surface area contributed by atoms with Gasteiger partial charge in [-0.2, -0.15) is 0 Å². The Labute approximate surface area is 74.7 Å². The average Bonchev–Trinajstić information content (AvgIpc) is 2.14. The van der Waals surface area contributed by atoms with E-state index in [1.54, 1.807) is 6.07 Å². The minimum absolute atomic E-state index is 0.282. The highest BCUT2D eigenvalue weighted by Crippen LogP contribution is 2.26. The van der Waals surface area contributed by atoms with E-state index in [2.05, 4.69) is 36.7 Å². The van der Waals surface area contributed by atoms with Crippen molar-refractivity contribution in [2.24, 2.45) is 5.90 Å². The maximum absolute atomic E-state index is 5.12. The summed E-state index contributed by atoms with van der Waals surface area (Å²) in [5.41, 5.74) is 0. The average molecular weight is 271 g/mol. The number of halogens is 2. The minimum Gasteiger partial charge on any atom is -0.451 e. The summed E-state index contributed by atoms with van der Waals surface area (Å²) >= 11 is 6.43. The normalized spacial score (nSPS) is 10.3. The van der Waals surface area contributed by atoms with Gasteiger partial charge in [0.2, 0.25) is 0 Å². The second kappa shape index (κ2) is 3.52. The van der Waals surface area contributed by atoms with E-state index in [-0.39, 0.29) is 6.61 Å². The van der Waals surface area contributed by atoms with Crippen LogP contribution in [0.15, 0.2) is 19.6 Å². The quantitative estimate of drug-likeness (QED) is 0.839. The molecule has 5 heteroatoms. The van der Waals surface area contributed by atoms with Crippen molar-refractivity contribution in [2.45, 2.75) is 6.61 Å². The van der Waals surface area contributed by atoms with E-state index < -0.39 is 0 Å². The summed E-state index contributed by atoms with van der Waals surface area (Å²) in [5, 5.41) is 0. The predicted octanol–water partition coefficient (Wildman–Crippen LogP) is 2.19. The molecule has 1 aromatic rings. The first-order valence-corrected chi connectivity index (χ1v) is 4.08. The number of hydrogen-bond donors (Lipinski definition) is 1. The number of nitrogens with two attached hydrogens (primary N) is 1. The van der Waals surface area contributed by atoms with Gasteiger partial charge in [-0.25, -0.2) is 5.90 Å². The van der Waals surface area contributed by atoms with Crippen LogP contribution in [0.25, 0.3) is 0 Å². The molecule has 0 aromatic carbocycles. The molecule has 0 aliphatic carbocycles. The van der Waals surface area contributed by atoms with Gasteiger partial charge >= 0.3 is 0 Å². The fraction of sp³-hybridized carbons (Fsp3) is 0.200. The van der Waals surface area contributed by atoms with Crippen LogP contribution in [-0.2, 0) is 11.4 Å². The Morgan fingerprint density at radius 1 is 1.60 bits per heavy atom. The Morgan fingerprint density at radius 3 is 2.70 bits per heavy atom. The highest BCUT2D eigenvalue weighted by atomic mass is 79.9. The third kappa shape index (κ3) is 1.82. The third-order valence-corrected chi connectivity index (χ3v) is 2.63. The molecular formula is C5H5Br2NO2. The maximum Gasteiger partial charge on any atom is 0.183 e. The molecule has 1 rings (SSSR count). The molecule has 3 nitrogen and oxygen atoms in total. The molecule has 0 saturated heterocycles. The lowest BCUT2D eigenvalue weighted by Crippen LogP contribution is -1.96. The molecule has 0 atom stereocenters. The highest BCUT2D eigenvalue weighted by molar-refractivity contribution is 9.13. The molecule has 0 aliphatic heterocycles. The molecule has 0 unspecified atom stereocenters. The van der Waals surface area contributed by atoms with Gasteiger partial charge in [0.05, 0.1) is 4.47 Å². The maximum atomic E-state index is 5.12. The van der Waals surface area contributed by atoms with Gasteiger partial charge in [0.15, 0.2) is 4.67 Å². The van der Waals surface area contributed by atoms with Crippen molar-refractivity contribution in [3.63, 3.8) is 0 Å². The zero-order valence-electron chi connectivity index (χ0n) is 4.93. The number of hydrogen-bond acceptors (Lipinski definition) is 3. The number of rotatable bonds is 2. The summed E-state index contributed by atoms with van der Waals surface area (Å²) in [5.74, 6) is 5.51. The molecule has 0 amide bonds. The lowest BCUT2D eigenvalue weighted by Gasteiger charge is -1.88. The van der Waals surface area contributed by atoms with Crippen molar-refractivity contribution < 1.29 is 9.25 Å². The van der Waals surface area contributed by atoms with E-state index in [0.29, 0.717) is 10.4 Å². The van der Waals surface area contributed by atoms with E-state index >= 15 is 0 Å². The molecule has 0 spiro atoms. The van der Waals surface area contributed by atoms with Crippen molar-refractivity contribution >= 4 is 31.9 Å². The number of furan rings is 1. The van der Waals surface area contributed by atoms with Crippen molar-refractivity contribution in [3.8, 4) is 0 Å². The first kappa shape index (κ1) is 8.26. The second-order valence-corrected chi connectivity index (χ2v) is 3.22. The molecule has 0 aliphatic rings. The smallest absolute Gasteiger partial charge is 0.183 e. The molecular weight excluding hydrogens is 266 g/mol. The zero-order chi connectivity index (χ0) is 7.56. The Morgan fingerprint density at radius 2 is 2.30 bits per heavy atom. The van der Waals surface area contributed by atoms with Gasteiger partial charge in [0.25, 0.3) is 0 Å². The molecule has 0 bridgehead atoms. The summed E-state index contributed by atoms with van der Waals surface area (Å²) in [4.78, 5) is 4.36. The van der Waals surface area contributed by atoms with Crippen LogP contribution in [0.2, 0.25) is 0 Å². The van der Waals surface area contributed by atoms with Gasteiger partial charge < -0.3 is 4.42 Å². The van der Waals surface area contributed by atoms with Crippen LogP contribution < -0.4 is 5.90 Å². The lowest BCUT2D eigenvalue weighted by atomic mass is 10.5. The predicted molar refractivity (Wildman–Crippen MR) is 43.1 cm³/mol. The second-order valence-electron chi connectivity index (χ2n) is 1.65. The van der Waals surface area contributed by atoms with Gasteiger partial charge in [-0.15, -0.1) is 0 Å². The molecule has 0 radical (unpaired) electrons. The zero-order valence-corrected chi connectivity index (χ0v) is 8.11. The monoisotopic (exact) mass is 269 g/mol. The Kier molecular flexibility index (Phi) is 2.91. The summed E-state index contributed by atoms with van der Waals surface area (Å²) in [7, 11) is 0. The van der Waals surface area contributed by atoms with Gasteiger partial charge in [0, 0.05) is 0 Å². The van der Waals surface area contributed by atoms with Crippen molar-refractivity contribution in [2.75, 3.05) is 0 Å². The Balaban J connectivity index is 2.77. The van der Waals surface area contributed by atoms with Crippen molar-refractivity contribution in [3.05, 3.63) is 21.0 Å². The summed E-state index contributed by atoms with van der Waals surface area (Å²) in [6.07, 6.45) is 0. The van der Waals surface area contributed by atoms with E-state index in [0.717, 1.165) is 4.47 Å². The van der Waals surface area contributed by atoms with Crippen LogP contribution in [0.3, 0.4) is 0 Å². The SMILES string of the molecule is NOCc1cc(Br)c(Br)o1. The fourth-order valence-corrected chi connectivity index (χ4v) is 1.20. The van der Waals surface area contributed by atoms with Crippen molar-refractivity contribution in [1.82, 2.24) is 0 Å². The largest absolute Gasteiger partial charge is 0.451 e. The molecule has 1 heterocycles. The van der Waals surface area contributed by atoms with Gasteiger partial charge in [-0.3, -0.25) is 4.84 Å². The first-order chi connectivity index (χ1) is 4.74. The van der Waals surface area contributed by atoms with E-state index in [1.807, 2.05) is 0 Å². The first-order valence-electron chi connectivity index (χ1n) is 2.49. The van der Waals surface area contributed by atoms with Gasteiger partial charge in [-0.05, 0) is 37.9 Å². The summed E-state index contributed by atoms with van der Waals surface area (Å²) in [6, 6.07) is 1.79. The molecule has 1 aromatic heterocycles. The highest BCUT2D eigenvalue weighted by Gasteiger charge is 2.04. The minimum atomic E-state index is 0.282. The summed E-state index contributed by atoms with van der Waals surface area (Å²) in [6.45, 7) is 0.282. The van der Waals surface area contributed by atoms with Gasteiger partial charge in [-0.1, -0.05) is 0 Å². The lowest BCUT2D eigenvalue weighted by molar-refractivity contribution is 0.108. The topological polar surface area (TPSA) is 48.4 Å². The molecule has 0 saturated carbocycles. The van der Waals surface area contributed by atoms with Crippen molar-refractivity contribution in [1.29, 1.82) is 0 Å². The molecule has 0 fully saturated rings. The van der Waals surface area contributed by atoms with Crippen LogP contribution in [-0.4, -0.2) is 0 Å². The third-order valence-electron chi connectivity index (χ3n) is 0.922. The van der Waals surface area contributed by atoms with Crippen LogP contribution in [0, 0.1) is 0 Å². The Bertz CT molecular complexity index is 204. The van der Waals surface area contributed by atoms with Crippen LogP contribution in [0.4, 0.5) is 0 Å². The molecule has 56 valence electrons. The fourth-order valence-electron chi connectivity index (χ4n) is 0.545. The van der Waals surface area contributed by atoms with Crippen LogP contribution >= 0.6 is 31.9 Å². The van der Waals surface area contributed by atoms with E-state index in [4.69, 9.17) is 10.3 Å². The summed E-state index contributed by atoms with van der Waals surface area (Å²) < 4.78 is 6.63. The van der Waals surface area contributed by atoms with Crippen LogP contribution in [0.5, 0.6) is 0 Å². The molecule has 2 N–H and O–H groups in total. The van der Waals surface area contributed by atoms with Crippen LogP contribution in [0.1, 0.15) is 5.76 Å². The molecule has 10 heavy (non-hydrogen) atoms. The Hall–Kier alpha value is 0.160. The van der Waals surface area contributed by atoms with Gasteiger partial charge in [0.1, 0.15) is 12.4 Å². The van der Waals surface area contributed by atoms with E-state index in [1.165, 1.54) is 0 Å².